The second kappa shape index (κ2) is 3.62. The number of aromatic nitrogens is 2. The van der Waals surface area contributed by atoms with Gasteiger partial charge in [0.2, 0.25) is 10.0 Å². The Hall–Kier alpha value is -1.64. The van der Waals surface area contributed by atoms with Gasteiger partial charge in [-0.3, -0.25) is 4.79 Å². The highest BCUT2D eigenvalue weighted by Gasteiger charge is 2.18. The topological polar surface area (TPSA) is 122 Å². The lowest BCUT2D eigenvalue weighted by molar-refractivity contribution is -0.134. The van der Waals surface area contributed by atoms with Gasteiger partial charge in [0.25, 0.3) is 0 Å². The van der Waals surface area contributed by atoms with Crippen LogP contribution in [-0.4, -0.2) is 35.4 Å². The minimum atomic E-state index is -3.97. The number of hydrogen-bond donors (Lipinski definition) is 2. The Morgan fingerprint density at radius 1 is 1.64 bits per heavy atom. The second-order valence-electron chi connectivity index (χ2n) is 2.40. The first-order chi connectivity index (χ1) is 6.39. The number of sulfonamides is 1. The zero-order valence-corrected chi connectivity index (χ0v) is 7.91. The van der Waals surface area contributed by atoms with Crippen molar-refractivity contribution in [1.82, 2.24) is 10.1 Å². The first kappa shape index (κ1) is 10.4. The maximum absolute atomic E-state index is 11.0. The van der Waals surface area contributed by atoms with Crippen LogP contribution >= 0.6 is 0 Å². The van der Waals surface area contributed by atoms with Crippen LogP contribution in [-0.2, 0) is 14.8 Å². The highest BCUT2D eigenvalue weighted by molar-refractivity contribution is 7.93. The van der Waals surface area contributed by atoms with E-state index in [1.165, 1.54) is 6.92 Å². The molecule has 0 saturated carbocycles. The van der Waals surface area contributed by atoms with Gasteiger partial charge in [-0.2, -0.15) is 4.98 Å². The molecule has 1 aromatic rings. The molecular weight excluding hydrogens is 214 g/mol. The number of anilines is 1. The molecule has 0 unspecified atom stereocenters. The van der Waals surface area contributed by atoms with Gasteiger partial charge in [-0.25, -0.2) is 13.1 Å². The molecule has 1 aromatic heterocycles. The van der Waals surface area contributed by atoms with Gasteiger partial charge in [0.1, 0.15) is 0 Å². The molecule has 9 heteroatoms. The van der Waals surface area contributed by atoms with Crippen LogP contribution in [0.2, 0.25) is 0 Å². The highest BCUT2D eigenvalue weighted by Crippen LogP contribution is 2.04. The van der Waals surface area contributed by atoms with E-state index in [-0.39, 0.29) is 11.8 Å². The Labute approximate surface area is 79.0 Å². The number of aryl methyl sites for hydroxylation is 1. The molecule has 0 fully saturated rings. The highest BCUT2D eigenvalue weighted by atomic mass is 32.2. The number of rotatable bonds is 4. The average Bonchev–Trinajstić information content (AvgIpc) is 2.30. The fraction of sp³-hybridized carbons (Fsp3) is 0.400. The lowest BCUT2D eigenvalue weighted by Gasteiger charge is -1.98. The molecule has 0 spiro atoms. The maximum atomic E-state index is 11.0. The first-order valence-electron chi connectivity index (χ1n) is 3.41. The van der Waals surface area contributed by atoms with Crippen molar-refractivity contribution in [2.45, 2.75) is 6.92 Å². The molecule has 8 nitrogen and oxygen atoms in total. The van der Waals surface area contributed by atoms with E-state index in [2.05, 4.69) is 14.7 Å². The number of carbonyl (C=O) groups is 1. The summed E-state index contributed by atoms with van der Waals surface area (Å²) in [7, 11) is -3.97. The third-order valence-corrected chi connectivity index (χ3v) is 2.20. The molecule has 0 aliphatic rings. The monoisotopic (exact) mass is 221 g/mol. The van der Waals surface area contributed by atoms with Gasteiger partial charge in [-0.15, -0.1) is 0 Å². The van der Waals surface area contributed by atoms with Crippen molar-refractivity contribution in [3.63, 3.8) is 0 Å². The molecule has 0 amide bonds. The summed E-state index contributed by atoms with van der Waals surface area (Å²) in [5, 5.41) is 11.6. The smallest absolute Gasteiger partial charge is 0.335 e. The van der Waals surface area contributed by atoms with E-state index in [1.54, 1.807) is 0 Å². The van der Waals surface area contributed by atoms with Crippen molar-refractivity contribution in [3.05, 3.63) is 5.82 Å². The van der Waals surface area contributed by atoms with E-state index in [0.717, 1.165) is 0 Å². The predicted octanol–water partition coefficient (Wildman–Crippen LogP) is -0.796. The summed E-state index contributed by atoms with van der Waals surface area (Å²) in [6.45, 7) is 1.50. The lowest BCUT2D eigenvalue weighted by Crippen LogP contribution is -2.22. The van der Waals surface area contributed by atoms with Crippen LogP contribution in [0.1, 0.15) is 5.82 Å². The molecule has 0 bridgehead atoms. The van der Waals surface area contributed by atoms with Crippen molar-refractivity contribution in [2.24, 2.45) is 0 Å². The molecule has 1 rings (SSSR count). The maximum Gasteiger partial charge on any atom is 0.335 e. The number of aliphatic carboxylic acids is 1. The number of nitrogens with zero attached hydrogens (tertiary/aromatic N) is 2. The normalized spacial score (nSPS) is 11.2. The van der Waals surface area contributed by atoms with Crippen molar-refractivity contribution in [2.75, 3.05) is 10.5 Å². The fourth-order valence-electron chi connectivity index (χ4n) is 0.670. The predicted molar refractivity (Wildman–Crippen MR) is 44.1 cm³/mol. The van der Waals surface area contributed by atoms with E-state index in [4.69, 9.17) is 5.11 Å². The van der Waals surface area contributed by atoms with E-state index < -0.39 is 21.7 Å². The van der Waals surface area contributed by atoms with Gasteiger partial charge in [0.15, 0.2) is 11.6 Å². The van der Waals surface area contributed by atoms with Crippen LogP contribution in [0.25, 0.3) is 0 Å². The molecule has 14 heavy (non-hydrogen) atoms. The first-order valence-corrected chi connectivity index (χ1v) is 5.07. The lowest BCUT2D eigenvalue weighted by atomic mass is 10.8. The summed E-state index contributed by atoms with van der Waals surface area (Å²) in [6.07, 6.45) is 0. The standard InChI is InChI=1S/C5H7N3O5S/c1-3-6-5(13-7-3)8-14(11,12)2-4(9)10/h2H2,1H3,(H,9,10)(H,6,7,8). The van der Waals surface area contributed by atoms with Crippen LogP contribution in [0, 0.1) is 6.92 Å². The van der Waals surface area contributed by atoms with E-state index in [1.807, 2.05) is 4.72 Å². The fourth-order valence-corrected chi connectivity index (χ4v) is 1.42. The van der Waals surface area contributed by atoms with E-state index in [0.29, 0.717) is 0 Å². The van der Waals surface area contributed by atoms with Crippen LogP contribution in [0.4, 0.5) is 6.01 Å². The Balaban J connectivity index is 2.73. The molecule has 0 saturated heterocycles. The summed E-state index contributed by atoms with van der Waals surface area (Å²) in [5.41, 5.74) is 0. The molecule has 78 valence electrons. The summed E-state index contributed by atoms with van der Waals surface area (Å²) >= 11 is 0. The Morgan fingerprint density at radius 2 is 2.29 bits per heavy atom. The third kappa shape index (κ3) is 3.01. The van der Waals surface area contributed by atoms with Gasteiger partial charge in [0, 0.05) is 0 Å². The molecule has 0 aliphatic heterocycles. The van der Waals surface area contributed by atoms with Crippen molar-refractivity contribution >= 4 is 22.0 Å². The number of nitrogens with one attached hydrogen (secondary N) is 1. The summed E-state index contributed by atoms with van der Waals surface area (Å²) in [5.74, 6) is -2.26. The van der Waals surface area contributed by atoms with Gasteiger partial charge in [-0.1, -0.05) is 5.16 Å². The largest absolute Gasteiger partial charge is 0.480 e. The zero-order valence-electron chi connectivity index (χ0n) is 7.09. The number of hydrogen-bond acceptors (Lipinski definition) is 6. The summed E-state index contributed by atoms with van der Waals surface area (Å²) < 4.78 is 28.3. The Kier molecular flexibility index (Phi) is 2.70. The van der Waals surface area contributed by atoms with Gasteiger partial charge >= 0.3 is 12.0 Å². The summed E-state index contributed by atoms with van der Waals surface area (Å²) in [6, 6.07) is -0.344. The zero-order chi connectivity index (χ0) is 10.8. The molecular formula is C5H7N3O5S. The number of carboxylic acid groups (broad SMARTS) is 1. The molecule has 0 radical (unpaired) electrons. The molecule has 2 N–H and O–H groups in total. The average molecular weight is 221 g/mol. The Morgan fingerprint density at radius 3 is 2.71 bits per heavy atom. The number of carboxylic acids is 1. The third-order valence-electron chi connectivity index (χ3n) is 1.08. The van der Waals surface area contributed by atoms with Crippen LogP contribution in [0.5, 0.6) is 0 Å². The SMILES string of the molecule is Cc1noc(NS(=O)(=O)CC(=O)O)n1. The van der Waals surface area contributed by atoms with Crippen LogP contribution in [0.3, 0.4) is 0 Å². The molecule has 1 heterocycles. The van der Waals surface area contributed by atoms with Gasteiger partial charge in [0.05, 0.1) is 0 Å². The van der Waals surface area contributed by atoms with Crippen LogP contribution in [0.15, 0.2) is 4.52 Å². The minimum Gasteiger partial charge on any atom is -0.480 e. The quantitative estimate of drug-likeness (QED) is 0.682. The van der Waals surface area contributed by atoms with Gasteiger partial charge < -0.3 is 9.63 Å². The molecule has 0 aliphatic carbocycles. The van der Waals surface area contributed by atoms with Crippen LogP contribution < -0.4 is 4.72 Å². The van der Waals surface area contributed by atoms with Gasteiger partial charge in [-0.05, 0) is 6.92 Å². The van der Waals surface area contributed by atoms with Crippen molar-refractivity contribution in [3.8, 4) is 0 Å². The Bertz CT molecular complexity index is 436. The van der Waals surface area contributed by atoms with Crippen molar-refractivity contribution < 1.29 is 22.8 Å². The van der Waals surface area contributed by atoms with E-state index in [9.17, 15) is 13.2 Å². The summed E-state index contributed by atoms with van der Waals surface area (Å²) in [4.78, 5) is 13.7. The molecule has 0 atom stereocenters. The minimum absolute atomic E-state index is 0.248. The second-order valence-corrected chi connectivity index (χ2v) is 4.12. The van der Waals surface area contributed by atoms with E-state index >= 15 is 0 Å². The molecule has 0 aromatic carbocycles. The van der Waals surface area contributed by atoms with Crippen molar-refractivity contribution in [1.29, 1.82) is 0 Å².